The number of aromatic amines is 1. The third-order valence-electron chi connectivity index (χ3n) is 5.74. The van der Waals surface area contributed by atoms with E-state index in [0.29, 0.717) is 5.19 Å². The number of anilines is 1. The van der Waals surface area contributed by atoms with E-state index in [1.54, 1.807) is 0 Å². The predicted octanol–water partition coefficient (Wildman–Crippen LogP) is 6.01. The number of aryl methyl sites for hydroxylation is 1. The molecule has 0 amide bonds. The molecule has 3 aromatic rings. The molecule has 0 radical (unpaired) electrons. The predicted molar refractivity (Wildman–Crippen MR) is 147 cm³/mol. The Morgan fingerprint density at radius 1 is 1.20 bits per heavy atom. The van der Waals surface area contributed by atoms with Gasteiger partial charge in [-0.25, -0.2) is 9.98 Å². The second-order valence-electron chi connectivity index (χ2n) is 8.65. The van der Waals surface area contributed by atoms with E-state index in [0.717, 1.165) is 70.3 Å². The van der Waals surface area contributed by atoms with E-state index in [1.807, 2.05) is 32.4 Å². The molecule has 0 atom stereocenters. The molecule has 184 valence electrons. The van der Waals surface area contributed by atoms with Gasteiger partial charge in [-0.15, -0.1) is 12.8 Å². The summed E-state index contributed by atoms with van der Waals surface area (Å²) in [5.74, 6) is 0. The molecule has 1 aliphatic heterocycles. The minimum Gasteiger partial charge on any atom is -0.467 e. The lowest BCUT2D eigenvalue weighted by molar-refractivity contribution is 0.161. The maximum atomic E-state index is 6.14. The molecule has 7 nitrogen and oxygen atoms in total. The summed E-state index contributed by atoms with van der Waals surface area (Å²) in [7, 11) is 0. The van der Waals surface area contributed by atoms with Crippen molar-refractivity contribution < 1.29 is 4.74 Å². The third-order valence-corrected chi connectivity index (χ3v) is 6.69. The number of hydrogen-bond acceptors (Lipinski definition) is 7. The van der Waals surface area contributed by atoms with Gasteiger partial charge in [-0.2, -0.15) is 5.10 Å². The molecule has 0 spiro atoms. The lowest BCUT2D eigenvalue weighted by Gasteiger charge is -2.22. The molecule has 3 N–H and O–H groups in total. The minimum absolute atomic E-state index is 0.229. The first-order valence-corrected chi connectivity index (χ1v) is 12.5. The largest absolute Gasteiger partial charge is 0.467 e. The summed E-state index contributed by atoms with van der Waals surface area (Å²) >= 11 is 1.52. The monoisotopic (exact) mass is 490 g/mol. The molecule has 35 heavy (non-hydrogen) atoms. The number of piperidine rings is 1. The molecule has 4 rings (SSSR count). The summed E-state index contributed by atoms with van der Waals surface area (Å²) in [6, 6.07) is 4.26. The Kier molecular flexibility index (Phi) is 9.24. The maximum absolute atomic E-state index is 6.14. The molecule has 0 saturated carbocycles. The van der Waals surface area contributed by atoms with E-state index in [-0.39, 0.29) is 6.10 Å². The maximum Gasteiger partial charge on any atom is 0.275 e. The summed E-state index contributed by atoms with van der Waals surface area (Å²) in [5.41, 5.74) is 8.48. The molecule has 1 fully saturated rings. The van der Waals surface area contributed by atoms with Crippen molar-refractivity contribution in [2.75, 3.05) is 18.4 Å². The van der Waals surface area contributed by atoms with Crippen LogP contribution in [0.5, 0.6) is 5.19 Å². The summed E-state index contributed by atoms with van der Waals surface area (Å²) in [4.78, 5) is 9.60. The van der Waals surface area contributed by atoms with Crippen molar-refractivity contribution in [3.05, 3.63) is 53.1 Å². The van der Waals surface area contributed by atoms with Gasteiger partial charge < -0.3 is 15.4 Å². The average Bonchev–Trinajstić information content (AvgIpc) is 3.50. The molecule has 3 heterocycles. The van der Waals surface area contributed by atoms with Crippen LogP contribution in [0, 0.1) is 26.7 Å². The van der Waals surface area contributed by atoms with Gasteiger partial charge in [0.25, 0.3) is 5.19 Å². The molecule has 0 unspecified atom stereocenters. The van der Waals surface area contributed by atoms with E-state index in [2.05, 4.69) is 71.6 Å². The van der Waals surface area contributed by atoms with Gasteiger partial charge in [0.1, 0.15) is 11.1 Å². The fraction of sp³-hybridized carbons (Fsp3) is 0.370. The number of H-pyrrole nitrogens is 1. The van der Waals surface area contributed by atoms with Crippen LogP contribution in [-0.2, 0) is 0 Å². The number of aromatic nitrogens is 3. The van der Waals surface area contributed by atoms with Crippen molar-refractivity contribution in [2.45, 2.75) is 53.6 Å². The number of hydrogen-bond donors (Lipinski definition) is 3. The molecule has 1 aliphatic rings. The summed E-state index contributed by atoms with van der Waals surface area (Å²) in [6.07, 6.45) is 16.0. The highest BCUT2D eigenvalue weighted by atomic mass is 32.1. The first kappa shape index (κ1) is 26.2. The highest BCUT2D eigenvalue weighted by Gasteiger charge is 2.18. The number of nitrogens with zero attached hydrogens (tertiary/aromatic N) is 3. The van der Waals surface area contributed by atoms with Crippen LogP contribution in [0.15, 0.2) is 41.3 Å². The highest BCUT2D eigenvalue weighted by molar-refractivity contribution is 7.17. The Balaban J connectivity index is 0.00000167. The van der Waals surface area contributed by atoms with Crippen molar-refractivity contribution >= 4 is 27.7 Å². The number of ether oxygens (including phenoxy) is 1. The Morgan fingerprint density at radius 2 is 1.94 bits per heavy atom. The van der Waals surface area contributed by atoms with Crippen molar-refractivity contribution in [1.29, 1.82) is 0 Å². The van der Waals surface area contributed by atoms with Crippen LogP contribution in [0.1, 0.15) is 50.4 Å². The van der Waals surface area contributed by atoms with Crippen molar-refractivity contribution in [3.8, 4) is 29.2 Å². The topological polar surface area (TPSA) is 87.2 Å². The zero-order valence-electron chi connectivity index (χ0n) is 21.1. The van der Waals surface area contributed by atoms with Gasteiger partial charge >= 0.3 is 0 Å². The molecule has 0 aliphatic carbocycles. The number of terminal acetylenes is 1. The van der Waals surface area contributed by atoms with Gasteiger partial charge in [-0.05, 0) is 77.9 Å². The van der Waals surface area contributed by atoms with Crippen LogP contribution >= 0.6 is 11.3 Å². The molecule has 1 aromatic carbocycles. The van der Waals surface area contributed by atoms with Crippen LogP contribution in [0.25, 0.3) is 11.1 Å². The smallest absolute Gasteiger partial charge is 0.275 e. The number of aliphatic imine (C=N–C) groups is 1. The number of nitrogens with one attached hydrogen (secondary N) is 3. The second-order valence-corrected chi connectivity index (χ2v) is 9.59. The summed E-state index contributed by atoms with van der Waals surface area (Å²) in [5, 5.41) is 15.5. The summed E-state index contributed by atoms with van der Waals surface area (Å²) in [6.45, 7) is 12.3. The fourth-order valence-corrected chi connectivity index (χ4v) is 4.82. The van der Waals surface area contributed by atoms with E-state index in [1.165, 1.54) is 16.9 Å². The van der Waals surface area contributed by atoms with Crippen LogP contribution < -0.4 is 15.4 Å². The SMILES string of the molecule is C#C.CC(C)=CNc1c(/C(C)=N/c2sc(OC3CCNCC3)nc2C)ccc(-c2cn[nH]c2)c1C. The van der Waals surface area contributed by atoms with Gasteiger partial charge in [-0.1, -0.05) is 29.0 Å². The van der Waals surface area contributed by atoms with Crippen molar-refractivity contribution in [3.63, 3.8) is 0 Å². The molecular weight excluding hydrogens is 456 g/mol. The fourth-order valence-electron chi connectivity index (χ4n) is 3.91. The molecule has 2 aromatic heterocycles. The van der Waals surface area contributed by atoms with E-state index < -0.39 is 0 Å². The zero-order chi connectivity index (χ0) is 25.4. The van der Waals surface area contributed by atoms with Crippen molar-refractivity contribution in [1.82, 2.24) is 20.5 Å². The van der Waals surface area contributed by atoms with Crippen molar-refractivity contribution in [2.24, 2.45) is 4.99 Å². The minimum atomic E-state index is 0.229. The van der Waals surface area contributed by atoms with Crippen LogP contribution in [0.3, 0.4) is 0 Å². The lowest BCUT2D eigenvalue weighted by Crippen LogP contribution is -2.34. The first-order chi connectivity index (χ1) is 16.9. The Labute approximate surface area is 212 Å². The quantitative estimate of drug-likeness (QED) is 0.279. The normalized spacial score (nSPS) is 14.1. The Bertz CT molecular complexity index is 1200. The van der Waals surface area contributed by atoms with E-state index in [4.69, 9.17) is 9.73 Å². The third kappa shape index (κ3) is 6.59. The molecule has 1 saturated heterocycles. The standard InChI is InChI=1S/C25H32N6OS.C2H2/c1-15(2)12-27-23-16(3)21(19-13-28-29-14-19)6-7-22(23)17(4)30-24-18(5)31-25(33-24)32-20-8-10-26-11-9-20;1-2/h6-7,12-14,20,26-27H,8-11H2,1-5H3,(H,28,29);1-2H/b30-17+;. The number of thiazole rings is 1. The van der Waals surface area contributed by atoms with E-state index in [9.17, 15) is 0 Å². The lowest BCUT2D eigenvalue weighted by atomic mass is 9.96. The van der Waals surface area contributed by atoms with Crippen LogP contribution in [0.4, 0.5) is 10.7 Å². The van der Waals surface area contributed by atoms with Gasteiger partial charge in [0.2, 0.25) is 0 Å². The molecule has 0 bridgehead atoms. The number of rotatable bonds is 7. The second kappa shape index (κ2) is 12.3. The van der Waals surface area contributed by atoms with E-state index >= 15 is 0 Å². The highest BCUT2D eigenvalue weighted by Crippen LogP contribution is 2.36. The number of allylic oxidation sites excluding steroid dienone is 1. The Morgan fingerprint density at radius 3 is 2.60 bits per heavy atom. The summed E-state index contributed by atoms with van der Waals surface area (Å²) < 4.78 is 6.14. The Hall–Kier alpha value is -3.41. The van der Waals surface area contributed by atoms with Crippen LogP contribution in [-0.4, -0.2) is 40.1 Å². The van der Waals surface area contributed by atoms with Crippen LogP contribution in [0.2, 0.25) is 0 Å². The molecular formula is C27H34N6OS. The zero-order valence-corrected chi connectivity index (χ0v) is 21.9. The van der Waals surface area contributed by atoms with Gasteiger partial charge in [-0.3, -0.25) is 5.10 Å². The van der Waals surface area contributed by atoms with Gasteiger partial charge in [0.15, 0.2) is 0 Å². The average molecular weight is 491 g/mol. The van der Waals surface area contributed by atoms with Gasteiger partial charge in [0, 0.05) is 23.0 Å². The van der Waals surface area contributed by atoms with Gasteiger partial charge in [0.05, 0.1) is 17.6 Å². The first-order valence-electron chi connectivity index (χ1n) is 11.7. The molecule has 8 heteroatoms. The number of benzene rings is 1.